The van der Waals surface area contributed by atoms with Crippen LogP contribution in [0, 0.1) is 35.5 Å². The fourth-order valence-electron chi connectivity index (χ4n) is 5.41. The van der Waals surface area contributed by atoms with E-state index in [1.807, 2.05) is 0 Å². The van der Waals surface area contributed by atoms with Gasteiger partial charge in [-0.2, -0.15) is 25.3 Å². The molecule has 3 fully saturated rings. The van der Waals surface area contributed by atoms with E-state index in [0.717, 1.165) is 50.4 Å². The maximum absolute atomic E-state index is 11.2. The summed E-state index contributed by atoms with van der Waals surface area (Å²) in [6.45, 7) is 24.4. The van der Waals surface area contributed by atoms with Gasteiger partial charge < -0.3 is 14.2 Å². The Hall–Kier alpha value is 0.600. The van der Waals surface area contributed by atoms with Crippen LogP contribution in [-0.4, -0.2) is 59.0 Å². The van der Waals surface area contributed by atoms with Crippen LogP contribution in [0.4, 0.5) is 0 Å². The van der Waals surface area contributed by atoms with Crippen molar-refractivity contribution in [2.24, 2.45) is 35.5 Å². The van der Waals surface area contributed by atoms with Crippen molar-refractivity contribution >= 4 is 42.1 Å². The molecule has 9 atom stereocenters. The Labute approximate surface area is 257 Å². The van der Waals surface area contributed by atoms with Gasteiger partial charge in [-0.05, 0) is 74.0 Å². The zero-order chi connectivity index (χ0) is 29.7. The molecule has 3 aliphatic rings. The predicted molar refractivity (Wildman–Crippen MR) is 177 cm³/mol. The Morgan fingerprint density at radius 3 is 1.26 bits per heavy atom. The van der Waals surface area contributed by atoms with Gasteiger partial charge in [-0.1, -0.05) is 74.1 Å². The Morgan fingerprint density at radius 1 is 0.641 bits per heavy atom. The lowest BCUT2D eigenvalue weighted by Gasteiger charge is -2.34. The van der Waals surface area contributed by atoms with E-state index in [-0.39, 0.29) is 11.2 Å². The van der Waals surface area contributed by atoms with Crippen LogP contribution < -0.4 is 0 Å². The van der Waals surface area contributed by atoms with Gasteiger partial charge in [0.05, 0.1) is 18.3 Å². The lowest BCUT2D eigenvalue weighted by Crippen LogP contribution is -2.36. The topological polar surface area (TPSA) is 44.8 Å². The first-order valence-electron chi connectivity index (χ1n) is 15.6. The van der Waals surface area contributed by atoms with Gasteiger partial charge in [0.15, 0.2) is 5.12 Å². The van der Waals surface area contributed by atoms with E-state index >= 15 is 0 Å². The largest absolute Gasteiger partial charge is 0.377 e. The van der Waals surface area contributed by atoms with Crippen LogP contribution in [0.3, 0.4) is 0 Å². The zero-order valence-electron chi connectivity index (χ0n) is 26.7. The molecular formula is C32H62O4S3. The monoisotopic (exact) mass is 606 g/mol. The summed E-state index contributed by atoms with van der Waals surface area (Å²) in [5.74, 6) is 4.09. The van der Waals surface area contributed by atoms with Crippen molar-refractivity contribution in [3.63, 3.8) is 0 Å². The number of thiol groups is 2. The molecule has 7 heteroatoms. The van der Waals surface area contributed by atoms with Gasteiger partial charge in [-0.3, -0.25) is 4.79 Å². The van der Waals surface area contributed by atoms with Crippen molar-refractivity contribution in [3.05, 3.63) is 0 Å². The van der Waals surface area contributed by atoms with Crippen molar-refractivity contribution in [1.29, 1.82) is 0 Å². The molecule has 0 aliphatic carbocycles. The van der Waals surface area contributed by atoms with Gasteiger partial charge in [0.25, 0.3) is 0 Å². The summed E-state index contributed by atoms with van der Waals surface area (Å²) in [5.41, 5.74) is 0. The van der Waals surface area contributed by atoms with Crippen molar-refractivity contribution in [2.75, 3.05) is 19.8 Å². The zero-order valence-corrected chi connectivity index (χ0v) is 29.3. The van der Waals surface area contributed by atoms with Crippen LogP contribution in [0.2, 0.25) is 0 Å². The van der Waals surface area contributed by atoms with Crippen LogP contribution >= 0.6 is 37.0 Å². The fourth-order valence-corrected chi connectivity index (χ4v) is 6.82. The molecule has 3 saturated heterocycles. The third kappa shape index (κ3) is 15.1. The molecule has 3 aliphatic heterocycles. The Morgan fingerprint density at radius 2 is 0.974 bits per heavy atom. The highest BCUT2D eigenvalue weighted by atomic mass is 32.2. The van der Waals surface area contributed by atoms with Crippen LogP contribution in [0.25, 0.3) is 0 Å². The summed E-state index contributed by atoms with van der Waals surface area (Å²) < 4.78 is 17.2. The predicted octanol–water partition coefficient (Wildman–Crippen LogP) is 8.62. The lowest BCUT2D eigenvalue weighted by molar-refractivity contribution is -0.109. The molecule has 0 N–H and O–H groups in total. The normalized spacial score (nSPS) is 32.0. The minimum Gasteiger partial charge on any atom is -0.377 e. The Bertz CT molecular complexity index is 627. The molecule has 39 heavy (non-hydrogen) atoms. The van der Waals surface area contributed by atoms with E-state index in [2.05, 4.69) is 87.6 Å². The third-order valence-electron chi connectivity index (χ3n) is 8.19. The first-order chi connectivity index (χ1) is 18.2. The first-order valence-corrected chi connectivity index (χ1v) is 17.5. The number of hydrogen-bond acceptors (Lipinski definition) is 7. The second kappa shape index (κ2) is 19.7. The molecule has 0 saturated carbocycles. The average molecular weight is 607 g/mol. The second-order valence-electron chi connectivity index (χ2n) is 13.4. The third-order valence-corrected chi connectivity index (χ3v) is 11.5. The van der Waals surface area contributed by atoms with E-state index in [9.17, 15) is 4.79 Å². The van der Waals surface area contributed by atoms with Gasteiger partial charge in [0, 0.05) is 42.5 Å². The van der Waals surface area contributed by atoms with Gasteiger partial charge in [-0.25, -0.2) is 0 Å². The molecule has 0 amide bonds. The summed E-state index contributed by atoms with van der Waals surface area (Å²) in [6.07, 6.45) is 8.11. The van der Waals surface area contributed by atoms with Crippen LogP contribution in [0.15, 0.2) is 0 Å². The van der Waals surface area contributed by atoms with Crippen molar-refractivity contribution in [1.82, 2.24) is 0 Å². The number of hydrogen-bond donors (Lipinski definition) is 2. The standard InChI is InChI=1S/C12H22O2S.2C10H20OS/c1-8(2)12(15-10(4)13)11-7-9(3)5-6-14-11;2*1-7(2)10(12)9-6-8(3)4-5-11-9/h8-9,11-12H,5-7H2,1-4H3;2*7-10,12H,4-6H2,1-3H3/t9-,11?,12?;8-,9?,10?;/m10./s1. The van der Waals surface area contributed by atoms with Gasteiger partial charge in [-0.15, -0.1) is 0 Å². The van der Waals surface area contributed by atoms with Crippen molar-refractivity contribution in [3.8, 4) is 0 Å². The summed E-state index contributed by atoms with van der Waals surface area (Å²) >= 11 is 10.6. The molecule has 7 unspecified atom stereocenters. The lowest BCUT2D eigenvalue weighted by atomic mass is 9.92. The summed E-state index contributed by atoms with van der Waals surface area (Å²) in [5, 5.41) is 1.35. The average Bonchev–Trinajstić information content (AvgIpc) is 2.86. The van der Waals surface area contributed by atoms with Gasteiger partial charge in [0.2, 0.25) is 0 Å². The molecule has 3 rings (SSSR count). The summed E-state index contributed by atoms with van der Waals surface area (Å²) in [6, 6.07) is 0. The highest BCUT2D eigenvalue weighted by Crippen LogP contribution is 2.32. The first kappa shape index (κ1) is 37.6. The van der Waals surface area contributed by atoms with Crippen LogP contribution in [-0.2, 0) is 19.0 Å². The van der Waals surface area contributed by atoms with E-state index in [4.69, 9.17) is 14.2 Å². The number of thioether (sulfide) groups is 1. The fraction of sp³-hybridized carbons (Fsp3) is 0.969. The second-order valence-corrected chi connectivity index (χ2v) is 16.0. The van der Waals surface area contributed by atoms with E-state index in [1.165, 1.54) is 37.4 Å². The molecule has 0 bridgehead atoms. The quantitative estimate of drug-likeness (QED) is 0.284. The highest BCUT2D eigenvalue weighted by Gasteiger charge is 2.31. The molecule has 0 aromatic rings. The maximum atomic E-state index is 11.2. The van der Waals surface area contributed by atoms with E-state index in [0.29, 0.717) is 45.7 Å². The minimum absolute atomic E-state index is 0.204. The number of ether oxygens (including phenoxy) is 3. The molecule has 0 aromatic carbocycles. The van der Waals surface area contributed by atoms with E-state index in [1.54, 1.807) is 6.92 Å². The Kier molecular flexibility index (Phi) is 19.0. The smallest absolute Gasteiger partial charge is 0.186 e. The van der Waals surface area contributed by atoms with Crippen LogP contribution in [0.5, 0.6) is 0 Å². The molecule has 0 spiro atoms. The molecular weight excluding hydrogens is 545 g/mol. The van der Waals surface area contributed by atoms with Crippen LogP contribution in [0.1, 0.15) is 108 Å². The maximum Gasteiger partial charge on any atom is 0.186 e. The highest BCUT2D eigenvalue weighted by molar-refractivity contribution is 8.14. The molecule has 4 nitrogen and oxygen atoms in total. The SMILES string of the molecule is CC(=O)SC(C(C)C)C1C[C@H](C)CCO1.CC(C)C(S)C1C[C@@H](C)CCO1.CC1CCOC(C(S)C(C)C)C1. The molecule has 0 radical (unpaired) electrons. The van der Waals surface area contributed by atoms with E-state index < -0.39 is 0 Å². The molecule has 3 heterocycles. The summed E-state index contributed by atoms with van der Waals surface area (Å²) in [4.78, 5) is 11.2. The molecule has 0 aromatic heterocycles. The minimum atomic E-state index is 0.204. The Balaban J connectivity index is 0.000000295. The number of rotatable bonds is 7. The summed E-state index contributed by atoms with van der Waals surface area (Å²) in [7, 11) is 0. The van der Waals surface area contributed by atoms with Gasteiger partial charge in [0.1, 0.15) is 0 Å². The van der Waals surface area contributed by atoms with Crippen molar-refractivity contribution in [2.45, 2.75) is 142 Å². The van der Waals surface area contributed by atoms with Crippen molar-refractivity contribution < 1.29 is 19.0 Å². The molecule has 232 valence electrons. The van der Waals surface area contributed by atoms with Gasteiger partial charge >= 0.3 is 0 Å². The number of carbonyl (C=O) groups excluding carboxylic acids is 1. The number of carbonyl (C=O) groups is 1.